The van der Waals surface area contributed by atoms with Crippen LogP contribution >= 0.6 is 0 Å². The van der Waals surface area contributed by atoms with Gasteiger partial charge in [-0.05, 0) is 93.6 Å². The Hall–Kier alpha value is -7.67. The van der Waals surface area contributed by atoms with Crippen LogP contribution in [0.1, 0.15) is 37.5 Å². The van der Waals surface area contributed by atoms with Gasteiger partial charge in [-0.2, -0.15) is 6.07 Å². The van der Waals surface area contributed by atoms with Gasteiger partial charge in [0, 0.05) is 55.7 Å². The molecule has 11 aromatic rings. The number of aromatic nitrogens is 4. The number of anilines is 2. The fourth-order valence-corrected chi connectivity index (χ4v) is 10.4. The molecule has 0 fully saturated rings. The molecule has 0 radical (unpaired) electrons. The maximum Gasteiger partial charge on any atom is 0.510 e. The normalized spacial score (nSPS) is 12.7. The molecule has 7 nitrogen and oxygen atoms in total. The molecule has 0 saturated carbocycles. The van der Waals surface area contributed by atoms with E-state index in [9.17, 15) is 0 Å². The van der Waals surface area contributed by atoms with Gasteiger partial charge in [0.15, 0.2) is 0 Å². The third-order valence-electron chi connectivity index (χ3n) is 13.7. The summed E-state index contributed by atoms with van der Waals surface area (Å²) in [5.74, 6) is 2.59. The summed E-state index contributed by atoms with van der Waals surface area (Å²) in [6, 6.07) is 67.0. The molecule has 2 aliphatic rings. The molecule has 0 unspecified atom stereocenters. The van der Waals surface area contributed by atoms with Gasteiger partial charge < -0.3 is 23.3 Å². The SMILES string of the molecule is Cc1cccc(C)c1B1Oc2cc(Oc3[c-]c4c(cc3)c3ccccc3n4-c3cc(C(C)(C)C)ccn3)[c-]c3c2N1c1cccc2c1n-3[c-][n+]2-c1c(-c2ccccc2)cccc1-c1ccccc1.[Pt]. The van der Waals surface area contributed by atoms with E-state index in [1.807, 2.05) is 18.3 Å². The summed E-state index contributed by atoms with van der Waals surface area (Å²) in [5.41, 5.74) is 16.7. The second-order valence-corrected chi connectivity index (χ2v) is 18.9. The van der Waals surface area contributed by atoms with Crippen molar-refractivity contribution in [3.8, 4) is 56.7 Å². The molecule has 0 saturated heterocycles. The fraction of sp³-hybridized carbons (Fsp3) is 0.100. The molecule has 0 N–H and O–H groups in total. The van der Waals surface area contributed by atoms with Gasteiger partial charge in [0.1, 0.15) is 11.3 Å². The smallest absolute Gasteiger partial charge is 0.510 e. The van der Waals surface area contributed by atoms with E-state index in [0.717, 1.165) is 100 Å². The van der Waals surface area contributed by atoms with Crippen LogP contribution in [0, 0.1) is 32.3 Å². The van der Waals surface area contributed by atoms with Gasteiger partial charge >= 0.3 is 7.05 Å². The van der Waals surface area contributed by atoms with Crippen LogP contribution in [0.3, 0.4) is 0 Å². The van der Waals surface area contributed by atoms with E-state index < -0.39 is 7.05 Å². The molecule has 336 valence electrons. The number of hydrogen-bond acceptors (Lipinski definition) is 4. The fourth-order valence-electron chi connectivity index (χ4n) is 10.4. The summed E-state index contributed by atoms with van der Waals surface area (Å²) < 4.78 is 20.6. The average molecular weight is 1070 g/mol. The topological polar surface area (TPSA) is 48.3 Å². The van der Waals surface area contributed by atoms with Gasteiger partial charge in [-0.3, -0.25) is 4.57 Å². The predicted octanol–water partition coefficient (Wildman–Crippen LogP) is 13.1. The van der Waals surface area contributed by atoms with Gasteiger partial charge in [0.25, 0.3) is 6.33 Å². The van der Waals surface area contributed by atoms with Crippen LogP contribution in [0.15, 0.2) is 176 Å². The molecule has 0 spiro atoms. The molecule has 2 aliphatic heterocycles. The number of pyridine rings is 1. The van der Waals surface area contributed by atoms with Crippen molar-refractivity contribution in [3.05, 3.63) is 211 Å². The molecule has 5 heterocycles. The van der Waals surface area contributed by atoms with Crippen LogP contribution in [-0.2, 0) is 26.5 Å². The van der Waals surface area contributed by atoms with Crippen molar-refractivity contribution in [1.82, 2.24) is 14.1 Å². The summed E-state index contributed by atoms with van der Waals surface area (Å²) in [5, 5.41) is 2.19. The summed E-state index contributed by atoms with van der Waals surface area (Å²) >= 11 is 0. The Morgan fingerprint density at radius 1 is 0.667 bits per heavy atom. The molecule has 0 bridgehead atoms. The van der Waals surface area contributed by atoms with Crippen LogP contribution in [0.2, 0.25) is 0 Å². The van der Waals surface area contributed by atoms with Gasteiger partial charge in [0.05, 0.1) is 11.2 Å². The maximum atomic E-state index is 7.15. The third-order valence-corrected chi connectivity index (χ3v) is 13.7. The number of hydrogen-bond donors (Lipinski definition) is 0. The third kappa shape index (κ3) is 6.76. The molecule has 8 aromatic carbocycles. The molecule has 69 heavy (non-hydrogen) atoms. The number of imidazole rings is 1. The molecule has 3 aromatic heterocycles. The monoisotopic (exact) mass is 1070 g/mol. The van der Waals surface area contributed by atoms with E-state index in [-0.39, 0.29) is 26.5 Å². The number of ether oxygens (including phenoxy) is 1. The van der Waals surface area contributed by atoms with Crippen molar-refractivity contribution < 1.29 is 35.0 Å². The molecule has 0 aliphatic carbocycles. The number of rotatable bonds is 7. The number of benzene rings is 8. The zero-order valence-electron chi connectivity index (χ0n) is 38.7. The van der Waals surface area contributed by atoms with Gasteiger partial charge in [0.2, 0.25) is 0 Å². The minimum absolute atomic E-state index is 0. The zero-order chi connectivity index (χ0) is 45.8. The van der Waals surface area contributed by atoms with Crippen molar-refractivity contribution in [1.29, 1.82) is 0 Å². The van der Waals surface area contributed by atoms with E-state index in [0.29, 0.717) is 17.2 Å². The Bertz CT molecular complexity index is 3760. The van der Waals surface area contributed by atoms with Crippen LogP contribution < -0.4 is 24.2 Å². The first kappa shape index (κ1) is 42.7. The Morgan fingerprint density at radius 3 is 2.07 bits per heavy atom. The van der Waals surface area contributed by atoms with Gasteiger partial charge in [-0.1, -0.05) is 171 Å². The molecular weight excluding hydrogens is 1030 g/mol. The molecule has 9 heteroatoms. The molecule has 13 rings (SSSR count). The summed E-state index contributed by atoms with van der Waals surface area (Å²) in [4.78, 5) is 7.25. The quantitative estimate of drug-likeness (QED) is 0.0907. The Morgan fingerprint density at radius 2 is 1.35 bits per heavy atom. The van der Waals surface area contributed by atoms with Crippen LogP contribution in [0.4, 0.5) is 11.4 Å². The van der Waals surface area contributed by atoms with Crippen molar-refractivity contribution >= 4 is 56.7 Å². The van der Waals surface area contributed by atoms with Gasteiger partial charge in [-0.15, -0.1) is 23.6 Å². The Labute approximate surface area is 416 Å². The Kier molecular flexibility index (Phi) is 10.0. The van der Waals surface area contributed by atoms with Crippen molar-refractivity contribution in [3.63, 3.8) is 0 Å². The van der Waals surface area contributed by atoms with E-state index in [4.69, 9.17) is 14.4 Å². The number of fused-ring (bicyclic) bond motifs is 5. The second kappa shape index (κ2) is 16.2. The standard InChI is InChI=1S/C60H44BN5O2.Pt/c1-38-17-14-18-39(2)56(38)61-66-51-28-16-27-50-58(51)64(37-63(50)57-45(40-19-8-6-9-20-40)24-15-25-46(57)41-21-10-7-11-22-41)53-35-44(36-54(68-61)59(53)66)67-43-29-30-48-47-23-12-13-26-49(47)65(52(48)34-43)55-33-42(31-32-62-55)60(3,4)5;/h6-33,36H,1-5H3;/q-2;. The second-order valence-electron chi connectivity index (χ2n) is 18.9. The first-order valence-electron chi connectivity index (χ1n) is 23.2. The van der Waals surface area contributed by atoms with Crippen molar-refractivity contribution in [2.75, 3.05) is 4.81 Å². The van der Waals surface area contributed by atoms with Crippen LogP contribution in [0.25, 0.3) is 72.3 Å². The number of para-hydroxylation sites is 3. The van der Waals surface area contributed by atoms with Crippen LogP contribution in [0.5, 0.6) is 17.2 Å². The summed E-state index contributed by atoms with van der Waals surface area (Å²) in [6.45, 7) is 11.0. The van der Waals surface area contributed by atoms with E-state index >= 15 is 0 Å². The van der Waals surface area contributed by atoms with E-state index in [2.05, 4.69) is 229 Å². The van der Waals surface area contributed by atoms with E-state index in [1.54, 1.807) is 0 Å². The zero-order valence-corrected chi connectivity index (χ0v) is 41.0. The average Bonchev–Trinajstić information content (AvgIpc) is 4.04. The van der Waals surface area contributed by atoms with E-state index in [1.165, 1.54) is 5.56 Å². The summed E-state index contributed by atoms with van der Waals surface area (Å²) in [7, 11) is -0.442. The number of nitrogens with zero attached hydrogens (tertiary/aromatic N) is 5. The first-order valence-corrected chi connectivity index (χ1v) is 23.2. The van der Waals surface area contributed by atoms with Crippen molar-refractivity contribution in [2.24, 2.45) is 0 Å². The maximum absolute atomic E-state index is 7.15. The van der Waals surface area contributed by atoms with Crippen LogP contribution in [-0.4, -0.2) is 21.2 Å². The molecular formula is C60H44BN5O2Pt-2. The Balaban J connectivity index is 0.00000492. The first-order chi connectivity index (χ1) is 33.2. The largest absolute Gasteiger partial charge is 0.557 e. The van der Waals surface area contributed by atoms with Crippen molar-refractivity contribution in [2.45, 2.75) is 40.0 Å². The summed E-state index contributed by atoms with van der Waals surface area (Å²) in [6.07, 6.45) is 5.79. The minimum Gasteiger partial charge on any atom is -0.557 e. The number of aryl methyl sites for hydroxylation is 2. The molecule has 0 amide bonds. The molecule has 0 atom stereocenters. The van der Waals surface area contributed by atoms with Gasteiger partial charge in [-0.25, -0.2) is 4.98 Å². The predicted molar refractivity (Wildman–Crippen MR) is 274 cm³/mol. The minimum atomic E-state index is -0.442.